The Kier molecular flexibility index (Phi) is 6.91. The van der Waals surface area contributed by atoms with Gasteiger partial charge in [0.1, 0.15) is 0 Å². The standard InChI is InChI=1S/C19H25ClN2/c1-3-22(4-2)14-13-21-15-16-5-7-17(8-6-16)18-9-11-19(20)12-10-18/h5-12,21H,3-4,13-15H2,1-2H3. The molecular formula is C19H25ClN2. The number of nitrogens with zero attached hydrogens (tertiary/aromatic N) is 1. The van der Waals surface area contributed by atoms with Gasteiger partial charge in [-0.25, -0.2) is 0 Å². The minimum atomic E-state index is 0.776. The van der Waals surface area contributed by atoms with Crippen LogP contribution in [-0.2, 0) is 6.54 Å². The van der Waals surface area contributed by atoms with Gasteiger partial charge in [0, 0.05) is 24.7 Å². The average molecular weight is 317 g/mol. The monoisotopic (exact) mass is 316 g/mol. The molecule has 0 fully saturated rings. The van der Waals surface area contributed by atoms with Gasteiger partial charge in [0.05, 0.1) is 0 Å². The van der Waals surface area contributed by atoms with Crippen LogP contribution in [0, 0.1) is 0 Å². The normalized spacial score (nSPS) is 11.1. The zero-order chi connectivity index (χ0) is 15.8. The fourth-order valence-electron chi connectivity index (χ4n) is 2.47. The lowest BCUT2D eigenvalue weighted by Crippen LogP contribution is -2.31. The van der Waals surface area contributed by atoms with Crippen LogP contribution in [0.4, 0.5) is 0 Å². The summed E-state index contributed by atoms with van der Waals surface area (Å²) in [5.74, 6) is 0. The van der Waals surface area contributed by atoms with Crippen LogP contribution in [0.1, 0.15) is 19.4 Å². The first kappa shape index (κ1) is 17.0. The minimum Gasteiger partial charge on any atom is -0.311 e. The van der Waals surface area contributed by atoms with Crippen molar-refractivity contribution in [3.8, 4) is 11.1 Å². The summed E-state index contributed by atoms with van der Waals surface area (Å²) < 4.78 is 0. The van der Waals surface area contributed by atoms with E-state index >= 15 is 0 Å². The molecule has 0 radical (unpaired) electrons. The number of hydrogen-bond donors (Lipinski definition) is 1. The maximum atomic E-state index is 5.93. The van der Waals surface area contributed by atoms with Gasteiger partial charge in [-0.05, 0) is 41.9 Å². The zero-order valence-corrected chi connectivity index (χ0v) is 14.2. The molecule has 0 aliphatic heterocycles. The Morgan fingerprint density at radius 2 is 1.41 bits per heavy atom. The lowest BCUT2D eigenvalue weighted by molar-refractivity contribution is 0.302. The number of likely N-dealkylation sites (N-methyl/N-ethyl adjacent to an activating group) is 1. The summed E-state index contributed by atoms with van der Waals surface area (Å²) in [7, 11) is 0. The molecule has 1 N–H and O–H groups in total. The molecule has 0 unspecified atom stereocenters. The van der Waals surface area contributed by atoms with E-state index in [0.717, 1.165) is 37.7 Å². The first-order chi connectivity index (χ1) is 10.7. The van der Waals surface area contributed by atoms with E-state index in [2.05, 4.69) is 60.5 Å². The third-order valence-electron chi connectivity index (χ3n) is 3.96. The zero-order valence-electron chi connectivity index (χ0n) is 13.5. The van der Waals surface area contributed by atoms with Gasteiger partial charge in [0.15, 0.2) is 0 Å². The molecule has 0 aromatic heterocycles. The molecule has 0 aliphatic carbocycles. The summed E-state index contributed by atoms with van der Waals surface area (Å²) in [6.45, 7) is 9.71. The highest BCUT2D eigenvalue weighted by Gasteiger charge is 2.00. The second-order valence-corrected chi connectivity index (χ2v) is 5.84. The molecule has 2 aromatic rings. The Morgan fingerprint density at radius 3 is 1.95 bits per heavy atom. The Morgan fingerprint density at radius 1 is 0.864 bits per heavy atom. The summed E-state index contributed by atoms with van der Waals surface area (Å²) in [5, 5.41) is 4.28. The van der Waals surface area contributed by atoms with Crippen molar-refractivity contribution in [2.24, 2.45) is 0 Å². The average Bonchev–Trinajstić information content (AvgIpc) is 2.56. The second kappa shape index (κ2) is 8.94. The first-order valence-electron chi connectivity index (χ1n) is 8.01. The second-order valence-electron chi connectivity index (χ2n) is 5.41. The van der Waals surface area contributed by atoms with Gasteiger partial charge >= 0.3 is 0 Å². The minimum absolute atomic E-state index is 0.776. The molecule has 0 bridgehead atoms. The SMILES string of the molecule is CCN(CC)CCNCc1ccc(-c2ccc(Cl)cc2)cc1. The molecule has 22 heavy (non-hydrogen) atoms. The van der Waals surface area contributed by atoms with E-state index in [1.165, 1.54) is 16.7 Å². The smallest absolute Gasteiger partial charge is 0.0406 e. The van der Waals surface area contributed by atoms with Crippen LogP contribution in [0.2, 0.25) is 5.02 Å². The number of nitrogens with one attached hydrogen (secondary N) is 1. The molecule has 2 aromatic carbocycles. The predicted molar refractivity (Wildman–Crippen MR) is 96.4 cm³/mol. The topological polar surface area (TPSA) is 15.3 Å². The molecular weight excluding hydrogens is 292 g/mol. The molecule has 0 amide bonds. The quantitative estimate of drug-likeness (QED) is 0.724. The van der Waals surface area contributed by atoms with E-state index in [4.69, 9.17) is 11.6 Å². The van der Waals surface area contributed by atoms with Crippen LogP contribution >= 0.6 is 11.6 Å². The summed E-state index contributed by atoms with van der Waals surface area (Å²) in [4.78, 5) is 2.43. The van der Waals surface area contributed by atoms with Gasteiger partial charge in [0.2, 0.25) is 0 Å². The number of benzene rings is 2. The van der Waals surface area contributed by atoms with E-state index in [0.29, 0.717) is 0 Å². The molecule has 0 saturated heterocycles. The predicted octanol–water partition coefficient (Wildman–Crippen LogP) is 4.44. The Hall–Kier alpha value is -1.35. The van der Waals surface area contributed by atoms with Gasteiger partial charge < -0.3 is 10.2 Å². The van der Waals surface area contributed by atoms with Crippen LogP contribution < -0.4 is 5.32 Å². The van der Waals surface area contributed by atoms with E-state index in [1.807, 2.05) is 12.1 Å². The molecule has 0 heterocycles. The lowest BCUT2D eigenvalue weighted by Gasteiger charge is -2.18. The van der Waals surface area contributed by atoms with E-state index in [1.54, 1.807) is 0 Å². The van der Waals surface area contributed by atoms with Gasteiger partial charge in [-0.1, -0.05) is 61.8 Å². The van der Waals surface area contributed by atoms with Gasteiger partial charge in [-0.2, -0.15) is 0 Å². The fourth-order valence-corrected chi connectivity index (χ4v) is 2.59. The number of halogens is 1. The summed E-state index contributed by atoms with van der Waals surface area (Å²) in [6.07, 6.45) is 0. The fraction of sp³-hybridized carbons (Fsp3) is 0.368. The molecule has 0 atom stereocenters. The van der Waals surface area contributed by atoms with Crippen LogP contribution in [0.3, 0.4) is 0 Å². The molecule has 0 spiro atoms. The van der Waals surface area contributed by atoms with Crippen molar-refractivity contribution in [2.45, 2.75) is 20.4 Å². The van der Waals surface area contributed by atoms with Crippen molar-refractivity contribution >= 4 is 11.6 Å². The van der Waals surface area contributed by atoms with Gasteiger partial charge in [-0.3, -0.25) is 0 Å². The summed E-state index contributed by atoms with van der Waals surface area (Å²) in [6, 6.07) is 16.7. The maximum Gasteiger partial charge on any atom is 0.0406 e. The van der Waals surface area contributed by atoms with Crippen LogP contribution in [0.25, 0.3) is 11.1 Å². The van der Waals surface area contributed by atoms with Crippen molar-refractivity contribution in [1.82, 2.24) is 10.2 Å². The number of rotatable bonds is 8. The van der Waals surface area contributed by atoms with Gasteiger partial charge in [-0.15, -0.1) is 0 Å². The van der Waals surface area contributed by atoms with Crippen molar-refractivity contribution in [1.29, 1.82) is 0 Å². The van der Waals surface area contributed by atoms with Gasteiger partial charge in [0.25, 0.3) is 0 Å². The molecule has 0 saturated carbocycles. The molecule has 118 valence electrons. The maximum absolute atomic E-state index is 5.93. The van der Waals surface area contributed by atoms with Crippen molar-refractivity contribution in [3.05, 3.63) is 59.1 Å². The largest absolute Gasteiger partial charge is 0.311 e. The highest BCUT2D eigenvalue weighted by Crippen LogP contribution is 2.21. The van der Waals surface area contributed by atoms with E-state index < -0.39 is 0 Å². The van der Waals surface area contributed by atoms with Crippen molar-refractivity contribution < 1.29 is 0 Å². The molecule has 2 rings (SSSR count). The van der Waals surface area contributed by atoms with E-state index in [-0.39, 0.29) is 0 Å². The third-order valence-corrected chi connectivity index (χ3v) is 4.21. The third kappa shape index (κ3) is 5.13. The van der Waals surface area contributed by atoms with Crippen molar-refractivity contribution in [2.75, 3.05) is 26.2 Å². The highest BCUT2D eigenvalue weighted by molar-refractivity contribution is 6.30. The molecule has 3 heteroatoms. The summed E-state index contributed by atoms with van der Waals surface area (Å²) in [5.41, 5.74) is 3.74. The lowest BCUT2D eigenvalue weighted by atomic mass is 10.0. The Bertz CT molecular complexity index is 545. The van der Waals surface area contributed by atoms with Crippen molar-refractivity contribution in [3.63, 3.8) is 0 Å². The van der Waals surface area contributed by atoms with Crippen LogP contribution in [0.5, 0.6) is 0 Å². The van der Waals surface area contributed by atoms with Crippen LogP contribution in [0.15, 0.2) is 48.5 Å². The molecule has 0 aliphatic rings. The highest BCUT2D eigenvalue weighted by atomic mass is 35.5. The summed E-state index contributed by atoms with van der Waals surface area (Å²) >= 11 is 5.93. The molecule has 2 nitrogen and oxygen atoms in total. The first-order valence-corrected chi connectivity index (χ1v) is 8.38. The Labute approximate surface area is 139 Å². The van der Waals surface area contributed by atoms with Crippen LogP contribution in [-0.4, -0.2) is 31.1 Å². The van der Waals surface area contributed by atoms with E-state index in [9.17, 15) is 0 Å². The number of hydrogen-bond acceptors (Lipinski definition) is 2. The Balaban J connectivity index is 1.83.